The van der Waals surface area contributed by atoms with E-state index in [2.05, 4.69) is 37.1 Å². The van der Waals surface area contributed by atoms with Crippen molar-refractivity contribution in [2.75, 3.05) is 32.7 Å². The van der Waals surface area contributed by atoms with Gasteiger partial charge in [-0.3, -0.25) is 19.4 Å². The summed E-state index contributed by atoms with van der Waals surface area (Å²) in [5.74, 6) is -0.102. The number of rotatable bonds is 4. The number of urea groups is 1. The van der Waals surface area contributed by atoms with E-state index in [1.165, 1.54) is 0 Å². The van der Waals surface area contributed by atoms with Crippen LogP contribution in [-0.2, 0) is 16.1 Å². The number of nitrogens with zero attached hydrogens (tertiary/aromatic N) is 4. The fraction of sp³-hybridized carbons (Fsp3) is 0.600. The summed E-state index contributed by atoms with van der Waals surface area (Å²) in [5, 5.41) is 11.9. The molecule has 1 aromatic carbocycles. The van der Waals surface area contributed by atoms with Gasteiger partial charge in [-0.05, 0) is 48.3 Å². The van der Waals surface area contributed by atoms with Gasteiger partial charge in [0.15, 0.2) is 0 Å². The topological polar surface area (TPSA) is 96.8 Å². The van der Waals surface area contributed by atoms with Gasteiger partial charge in [0.1, 0.15) is 12.1 Å². The molecule has 2 heterocycles. The van der Waals surface area contributed by atoms with Gasteiger partial charge in [-0.25, -0.2) is 4.79 Å². The predicted molar refractivity (Wildman–Crippen MR) is 123 cm³/mol. The number of nitriles is 1. The Labute approximate surface area is 195 Å². The molecule has 3 aliphatic rings. The zero-order chi connectivity index (χ0) is 23.8. The summed E-state index contributed by atoms with van der Waals surface area (Å²) >= 11 is 0. The largest absolute Gasteiger partial charge is 0.339 e. The quantitative estimate of drug-likeness (QED) is 0.709. The second-order valence-corrected chi connectivity index (χ2v) is 10.7. The standard InChI is InChI=1S/C25H33N5O3/c1-18-12-24(2,3)17-25(13-18)22(32)30(23(33)27-25)16-21(31)29-10-8-28(9-11-29)15-20-6-4-19(14-26)5-7-20/h4-7,18H,8-13,15-17H2,1-3H3,(H,27,33)/t18-,25+/m0/s1. The summed E-state index contributed by atoms with van der Waals surface area (Å²) in [7, 11) is 0. The molecule has 1 spiro atoms. The van der Waals surface area contributed by atoms with Crippen molar-refractivity contribution >= 4 is 17.8 Å². The van der Waals surface area contributed by atoms with Gasteiger partial charge in [0, 0.05) is 32.7 Å². The maximum Gasteiger partial charge on any atom is 0.325 e. The molecule has 1 aliphatic carbocycles. The third kappa shape index (κ3) is 4.88. The number of carbonyl (C=O) groups excluding carboxylic acids is 3. The molecule has 0 aromatic heterocycles. The molecular weight excluding hydrogens is 418 g/mol. The van der Waals surface area contributed by atoms with E-state index in [0.29, 0.717) is 37.4 Å². The van der Waals surface area contributed by atoms with Crippen molar-refractivity contribution in [1.82, 2.24) is 20.0 Å². The Hall–Kier alpha value is -2.92. The number of nitrogens with one attached hydrogen (secondary N) is 1. The van der Waals surface area contributed by atoms with Gasteiger partial charge in [0.25, 0.3) is 5.91 Å². The summed E-state index contributed by atoms with van der Waals surface area (Å²) in [6.45, 7) is 9.52. The zero-order valence-electron chi connectivity index (χ0n) is 19.8. The van der Waals surface area contributed by atoms with Crippen LogP contribution in [0.4, 0.5) is 4.79 Å². The molecular formula is C25H33N5O3. The number of piperazine rings is 1. The first-order chi connectivity index (χ1) is 15.6. The Kier molecular flexibility index (Phi) is 6.19. The first-order valence-electron chi connectivity index (χ1n) is 11.7. The van der Waals surface area contributed by atoms with Crippen LogP contribution in [0.3, 0.4) is 0 Å². The number of amides is 4. The molecule has 1 aromatic rings. The van der Waals surface area contributed by atoms with Crippen molar-refractivity contribution in [3.05, 3.63) is 35.4 Å². The average Bonchev–Trinajstić information content (AvgIpc) is 2.96. The molecule has 2 saturated heterocycles. The molecule has 1 saturated carbocycles. The summed E-state index contributed by atoms with van der Waals surface area (Å²) in [6, 6.07) is 9.21. The molecule has 0 radical (unpaired) electrons. The summed E-state index contributed by atoms with van der Waals surface area (Å²) in [5.41, 5.74) is 0.857. The molecule has 4 rings (SSSR count). The summed E-state index contributed by atoms with van der Waals surface area (Å²) in [4.78, 5) is 44.1. The van der Waals surface area contributed by atoms with Crippen LogP contribution in [0.25, 0.3) is 0 Å². The van der Waals surface area contributed by atoms with Gasteiger partial charge >= 0.3 is 6.03 Å². The molecule has 0 unspecified atom stereocenters. The Morgan fingerprint density at radius 1 is 1.12 bits per heavy atom. The third-order valence-corrected chi connectivity index (χ3v) is 7.13. The summed E-state index contributed by atoms with van der Waals surface area (Å²) in [6.07, 6.45) is 2.25. The van der Waals surface area contributed by atoms with E-state index >= 15 is 0 Å². The highest BCUT2D eigenvalue weighted by Crippen LogP contribution is 2.46. The van der Waals surface area contributed by atoms with Gasteiger partial charge in [0.05, 0.1) is 11.6 Å². The fourth-order valence-corrected chi connectivity index (χ4v) is 5.98. The predicted octanol–water partition coefficient (Wildman–Crippen LogP) is 2.34. The SMILES string of the molecule is C[C@H]1CC(C)(C)C[C@@]2(C1)NC(=O)N(CC(=O)N1CCN(Cc3ccc(C#N)cc3)CC1)C2=O. The third-order valence-electron chi connectivity index (χ3n) is 7.13. The van der Waals surface area contributed by atoms with Crippen LogP contribution < -0.4 is 5.32 Å². The minimum Gasteiger partial charge on any atom is -0.339 e. The molecule has 0 bridgehead atoms. The fourth-order valence-electron chi connectivity index (χ4n) is 5.98. The van der Waals surface area contributed by atoms with Crippen LogP contribution >= 0.6 is 0 Å². The van der Waals surface area contributed by atoms with E-state index < -0.39 is 11.6 Å². The minimum absolute atomic E-state index is 0.0358. The molecule has 176 valence electrons. The van der Waals surface area contributed by atoms with Crippen molar-refractivity contribution in [2.45, 2.75) is 52.1 Å². The molecule has 2 aliphatic heterocycles. The van der Waals surface area contributed by atoms with Crippen LogP contribution in [0.2, 0.25) is 0 Å². The highest BCUT2D eigenvalue weighted by atomic mass is 16.2. The van der Waals surface area contributed by atoms with Crippen molar-refractivity contribution < 1.29 is 14.4 Å². The maximum absolute atomic E-state index is 13.3. The van der Waals surface area contributed by atoms with E-state index in [9.17, 15) is 14.4 Å². The second kappa shape index (κ2) is 8.79. The molecule has 8 nitrogen and oxygen atoms in total. The average molecular weight is 452 g/mol. The minimum atomic E-state index is -0.877. The molecule has 33 heavy (non-hydrogen) atoms. The van der Waals surface area contributed by atoms with Crippen LogP contribution in [0, 0.1) is 22.7 Å². The number of carbonyl (C=O) groups is 3. The number of imide groups is 1. The lowest BCUT2D eigenvalue weighted by Gasteiger charge is -2.43. The van der Waals surface area contributed by atoms with Gasteiger partial charge in [-0.1, -0.05) is 32.9 Å². The van der Waals surface area contributed by atoms with E-state index in [-0.39, 0.29) is 23.8 Å². The van der Waals surface area contributed by atoms with Crippen molar-refractivity contribution in [1.29, 1.82) is 5.26 Å². The smallest absolute Gasteiger partial charge is 0.325 e. The lowest BCUT2D eigenvalue weighted by molar-refractivity contribution is -0.141. The highest BCUT2D eigenvalue weighted by molar-refractivity contribution is 6.09. The van der Waals surface area contributed by atoms with Gasteiger partial charge in [-0.15, -0.1) is 0 Å². The molecule has 2 atom stereocenters. The Bertz CT molecular complexity index is 975. The normalized spacial score (nSPS) is 27.5. The number of benzene rings is 1. The molecule has 3 fully saturated rings. The van der Waals surface area contributed by atoms with E-state index in [4.69, 9.17) is 5.26 Å². The monoisotopic (exact) mass is 451 g/mol. The van der Waals surface area contributed by atoms with Gasteiger partial charge < -0.3 is 10.2 Å². The number of hydrogen-bond donors (Lipinski definition) is 1. The second-order valence-electron chi connectivity index (χ2n) is 10.7. The lowest BCUT2D eigenvalue weighted by Crippen LogP contribution is -2.55. The number of hydrogen-bond acceptors (Lipinski definition) is 5. The Morgan fingerprint density at radius 2 is 1.79 bits per heavy atom. The maximum atomic E-state index is 13.3. The highest BCUT2D eigenvalue weighted by Gasteiger charge is 2.56. The van der Waals surface area contributed by atoms with Crippen LogP contribution in [-0.4, -0.2) is 70.8 Å². The summed E-state index contributed by atoms with van der Waals surface area (Å²) < 4.78 is 0. The molecule has 1 N–H and O–H groups in total. The lowest BCUT2D eigenvalue weighted by atomic mass is 9.64. The molecule has 8 heteroatoms. The van der Waals surface area contributed by atoms with Crippen LogP contribution in [0.15, 0.2) is 24.3 Å². The molecule has 4 amide bonds. The van der Waals surface area contributed by atoms with Crippen LogP contribution in [0.1, 0.15) is 51.2 Å². The van der Waals surface area contributed by atoms with Gasteiger partial charge in [0.2, 0.25) is 5.91 Å². The zero-order valence-corrected chi connectivity index (χ0v) is 19.8. The Balaban J connectivity index is 1.32. The first kappa shape index (κ1) is 23.2. The van der Waals surface area contributed by atoms with E-state index in [1.54, 1.807) is 4.90 Å². The van der Waals surface area contributed by atoms with Crippen LogP contribution in [0.5, 0.6) is 0 Å². The van der Waals surface area contributed by atoms with Crippen molar-refractivity contribution in [3.8, 4) is 6.07 Å². The van der Waals surface area contributed by atoms with Crippen molar-refractivity contribution in [3.63, 3.8) is 0 Å². The Morgan fingerprint density at radius 3 is 2.39 bits per heavy atom. The first-order valence-corrected chi connectivity index (χ1v) is 11.7. The van der Waals surface area contributed by atoms with E-state index in [1.807, 2.05) is 24.3 Å². The van der Waals surface area contributed by atoms with Gasteiger partial charge in [-0.2, -0.15) is 5.26 Å². The van der Waals surface area contributed by atoms with Crippen molar-refractivity contribution in [2.24, 2.45) is 11.3 Å². The van der Waals surface area contributed by atoms with E-state index in [0.717, 1.165) is 36.5 Å².